The first-order valence-electron chi connectivity index (χ1n) is 10.5. The molecule has 2 aromatic carbocycles. The number of nitrogens with zero attached hydrogens (tertiary/aromatic N) is 2. The summed E-state index contributed by atoms with van der Waals surface area (Å²) in [5.74, 6) is -1.80. The molecule has 34 heavy (non-hydrogen) atoms. The molecule has 0 radical (unpaired) electrons. The lowest BCUT2D eigenvalue weighted by atomic mass is 10.0. The number of H-pyrrole nitrogens is 1. The molecule has 2 heterocycles. The van der Waals surface area contributed by atoms with Gasteiger partial charge in [0.2, 0.25) is 0 Å². The van der Waals surface area contributed by atoms with E-state index in [9.17, 15) is 23.1 Å². The maximum atomic E-state index is 14.9. The van der Waals surface area contributed by atoms with Crippen LogP contribution < -0.4 is 5.32 Å². The third-order valence-electron chi connectivity index (χ3n) is 5.33. The van der Waals surface area contributed by atoms with Crippen molar-refractivity contribution in [3.05, 3.63) is 95.8 Å². The summed E-state index contributed by atoms with van der Waals surface area (Å²) in [4.78, 5) is 17.2. The maximum Gasteiger partial charge on any atom is 0.252 e. The van der Waals surface area contributed by atoms with Gasteiger partial charge in [0.1, 0.15) is 17.8 Å². The highest BCUT2D eigenvalue weighted by Gasteiger charge is 2.26. The molecule has 2 atom stereocenters. The topological polar surface area (TPSA) is 90.9 Å². The van der Waals surface area contributed by atoms with Gasteiger partial charge in [-0.2, -0.15) is 5.10 Å². The summed E-state index contributed by atoms with van der Waals surface area (Å²) in [6.07, 6.45) is -0.167. The Morgan fingerprint density at radius 1 is 1.06 bits per heavy atom. The molecule has 0 unspecified atom stereocenters. The molecule has 0 aliphatic carbocycles. The van der Waals surface area contributed by atoms with E-state index in [0.29, 0.717) is 17.0 Å². The monoisotopic (exact) mass is 466 g/mol. The molecule has 0 aliphatic heterocycles. The zero-order chi connectivity index (χ0) is 24.1. The lowest BCUT2D eigenvalue weighted by Crippen LogP contribution is -2.44. The Labute approximate surface area is 193 Å². The van der Waals surface area contributed by atoms with Gasteiger partial charge in [-0.1, -0.05) is 12.1 Å². The number of nitrogens with one attached hydrogen (secondary N) is 2. The minimum atomic E-state index is -1.75. The molecule has 0 saturated carbocycles. The summed E-state index contributed by atoms with van der Waals surface area (Å²) in [5.41, 5.74) is 1.71. The number of rotatable bonds is 8. The summed E-state index contributed by atoms with van der Waals surface area (Å²) >= 11 is 0. The number of pyridine rings is 1. The zero-order valence-electron chi connectivity index (χ0n) is 17.9. The molecule has 2 aromatic heterocycles. The van der Waals surface area contributed by atoms with Gasteiger partial charge in [-0.3, -0.25) is 14.9 Å². The summed E-state index contributed by atoms with van der Waals surface area (Å²) in [6.45, 7) is -0.796. The van der Waals surface area contributed by atoms with E-state index >= 15 is 0 Å². The lowest BCUT2D eigenvalue weighted by Gasteiger charge is -2.22. The van der Waals surface area contributed by atoms with E-state index in [2.05, 4.69) is 20.5 Å². The largest absolute Gasteiger partial charge is 0.393 e. The summed E-state index contributed by atoms with van der Waals surface area (Å²) in [5, 5.41) is 18.7. The Balaban J connectivity index is 1.63. The van der Waals surface area contributed by atoms with Crippen LogP contribution in [0.4, 0.5) is 13.2 Å². The molecule has 6 nitrogen and oxygen atoms in total. The van der Waals surface area contributed by atoms with E-state index in [1.807, 2.05) is 0 Å². The SMILES string of the molecule is O=C(N[C@H](Cc1ccccn1)[C@@H](F)CO)c1cccc(F)c1-c1cc(-c2ccc(F)cc2)n[nH]1. The quantitative estimate of drug-likeness (QED) is 0.365. The highest BCUT2D eigenvalue weighted by Crippen LogP contribution is 2.29. The van der Waals surface area contributed by atoms with Crippen molar-refractivity contribution in [1.29, 1.82) is 0 Å². The number of alkyl halides is 1. The average Bonchev–Trinajstić information content (AvgIpc) is 3.33. The Bertz CT molecular complexity index is 1260. The second-order valence-electron chi connectivity index (χ2n) is 7.64. The fraction of sp³-hybridized carbons (Fsp3) is 0.160. The van der Waals surface area contributed by atoms with Crippen molar-refractivity contribution in [3.63, 3.8) is 0 Å². The molecule has 0 spiro atoms. The van der Waals surface area contributed by atoms with E-state index in [1.54, 1.807) is 30.5 Å². The van der Waals surface area contributed by atoms with E-state index in [-0.39, 0.29) is 23.2 Å². The first-order valence-corrected chi connectivity index (χ1v) is 10.5. The molecule has 3 N–H and O–H groups in total. The van der Waals surface area contributed by atoms with Crippen LogP contribution in [0.2, 0.25) is 0 Å². The van der Waals surface area contributed by atoms with Gasteiger partial charge in [0.15, 0.2) is 0 Å². The van der Waals surface area contributed by atoms with Crippen LogP contribution in [0.25, 0.3) is 22.5 Å². The number of aliphatic hydroxyl groups excluding tert-OH is 1. The Morgan fingerprint density at radius 2 is 1.85 bits per heavy atom. The number of aromatic amines is 1. The molecule has 9 heteroatoms. The number of aromatic nitrogens is 3. The summed E-state index contributed by atoms with van der Waals surface area (Å²) in [6, 6.07) is 15.2. The van der Waals surface area contributed by atoms with Crippen molar-refractivity contribution < 1.29 is 23.1 Å². The van der Waals surface area contributed by atoms with Crippen LogP contribution in [0.3, 0.4) is 0 Å². The lowest BCUT2D eigenvalue weighted by molar-refractivity contribution is 0.0869. The predicted octanol–water partition coefficient (Wildman–Crippen LogP) is 4.09. The molecule has 0 bridgehead atoms. The summed E-state index contributed by atoms with van der Waals surface area (Å²) < 4.78 is 42.6. The number of carbonyl (C=O) groups is 1. The van der Waals surface area contributed by atoms with Crippen molar-refractivity contribution >= 4 is 5.91 Å². The van der Waals surface area contributed by atoms with Gasteiger partial charge in [-0.05, 0) is 54.6 Å². The predicted molar refractivity (Wildman–Crippen MR) is 121 cm³/mol. The third-order valence-corrected chi connectivity index (χ3v) is 5.33. The molecular formula is C25H21F3N4O2. The standard InChI is InChI=1S/C25H21F3N4O2/c26-16-9-7-15(8-10-16)21-13-23(32-31-21)24-18(5-3-6-19(24)27)25(34)30-22(20(28)14-33)12-17-4-1-2-11-29-17/h1-11,13,20,22,33H,12,14H2,(H,30,34)(H,31,32)/t20-,22+/m0/s1. The average molecular weight is 466 g/mol. The molecular weight excluding hydrogens is 445 g/mol. The highest BCUT2D eigenvalue weighted by atomic mass is 19.1. The number of benzene rings is 2. The number of carbonyl (C=O) groups excluding carboxylic acids is 1. The molecule has 0 saturated heterocycles. The van der Waals surface area contributed by atoms with Gasteiger partial charge < -0.3 is 10.4 Å². The third kappa shape index (κ3) is 5.15. The molecule has 0 aliphatic rings. The Hall–Kier alpha value is -3.98. The van der Waals surface area contributed by atoms with Crippen LogP contribution in [0, 0.1) is 11.6 Å². The van der Waals surface area contributed by atoms with Crippen LogP contribution in [-0.2, 0) is 6.42 Å². The van der Waals surface area contributed by atoms with Crippen molar-refractivity contribution in [1.82, 2.24) is 20.5 Å². The van der Waals surface area contributed by atoms with E-state index < -0.39 is 36.4 Å². The van der Waals surface area contributed by atoms with Crippen molar-refractivity contribution in [2.45, 2.75) is 18.6 Å². The van der Waals surface area contributed by atoms with Gasteiger partial charge in [0.05, 0.1) is 29.6 Å². The highest BCUT2D eigenvalue weighted by molar-refractivity contribution is 6.01. The second kappa shape index (κ2) is 10.3. The van der Waals surface area contributed by atoms with Crippen LogP contribution in [0.15, 0.2) is 72.9 Å². The fourth-order valence-corrected chi connectivity index (χ4v) is 3.59. The maximum absolute atomic E-state index is 14.9. The molecule has 4 rings (SSSR count). The number of hydrogen-bond donors (Lipinski definition) is 3. The second-order valence-corrected chi connectivity index (χ2v) is 7.64. The van der Waals surface area contributed by atoms with Gasteiger partial charge in [-0.15, -0.1) is 0 Å². The first-order chi connectivity index (χ1) is 16.5. The minimum Gasteiger partial charge on any atom is -0.393 e. The fourth-order valence-electron chi connectivity index (χ4n) is 3.59. The van der Waals surface area contributed by atoms with E-state index in [0.717, 1.165) is 0 Å². The van der Waals surface area contributed by atoms with Crippen LogP contribution in [0.5, 0.6) is 0 Å². The Kier molecular flexibility index (Phi) is 7.03. The minimum absolute atomic E-state index is 0.0366. The number of hydrogen-bond acceptors (Lipinski definition) is 4. The van der Waals surface area contributed by atoms with Gasteiger partial charge >= 0.3 is 0 Å². The van der Waals surface area contributed by atoms with Gasteiger partial charge in [0, 0.05) is 29.4 Å². The van der Waals surface area contributed by atoms with Crippen molar-refractivity contribution in [2.24, 2.45) is 0 Å². The number of amides is 1. The molecule has 1 amide bonds. The van der Waals surface area contributed by atoms with E-state index in [4.69, 9.17) is 0 Å². The van der Waals surface area contributed by atoms with E-state index in [1.165, 1.54) is 42.5 Å². The normalized spacial score (nSPS) is 12.8. The van der Waals surface area contributed by atoms with Gasteiger partial charge in [-0.25, -0.2) is 13.2 Å². The molecule has 4 aromatic rings. The van der Waals surface area contributed by atoms with Crippen LogP contribution >= 0.6 is 0 Å². The Morgan fingerprint density at radius 3 is 2.56 bits per heavy atom. The molecule has 174 valence electrons. The van der Waals surface area contributed by atoms with Gasteiger partial charge in [0.25, 0.3) is 5.91 Å². The molecule has 0 fully saturated rings. The zero-order valence-corrected chi connectivity index (χ0v) is 17.9. The van der Waals surface area contributed by atoms with Crippen molar-refractivity contribution in [2.75, 3.05) is 6.61 Å². The number of halogens is 3. The summed E-state index contributed by atoms with van der Waals surface area (Å²) in [7, 11) is 0. The smallest absolute Gasteiger partial charge is 0.252 e. The number of aliphatic hydroxyl groups is 1. The first kappa shape index (κ1) is 23.2. The van der Waals surface area contributed by atoms with Crippen LogP contribution in [-0.4, -0.2) is 45.0 Å². The van der Waals surface area contributed by atoms with Crippen LogP contribution in [0.1, 0.15) is 16.1 Å². The van der Waals surface area contributed by atoms with Crippen molar-refractivity contribution in [3.8, 4) is 22.5 Å².